The molecule has 7 nitrogen and oxygen atoms in total. The van der Waals surface area contributed by atoms with Crippen molar-refractivity contribution in [1.82, 2.24) is 15.1 Å². The van der Waals surface area contributed by atoms with Crippen LogP contribution < -0.4 is 14.2 Å². The molecule has 0 spiro atoms. The second-order valence-corrected chi connectivity index (χ2v) is 5.72. The number of hydrogen-bond acceptors (Lipinski definition) is 6. The van der Waals surface area contributed by atoms with Crippen molar-refractivity contribution in [1.29, 1.82) is 0 Å². The summed E-state index contributed by atoms with van der Waals surface area (Å²) in [6.45, 7) is 1.19. The number of methoxy groups -OCH3 is 1. The lowest BCUT2D eigenvalue weighted by molar-refractivity contribution is -0.136. The van der Waals surface area contributed by atoms with Crippen molar-refractivity contribution in [3.63, 3.8) is 0 Å². The van der Waals surface area contributed by atoms with Gasteiger partial charge in [-0.15, -0.1) is 5.10 Å². The highest BCUT2D eigenvalue weighted by Gasteiger charge is 2.25. The summed E-state index contributed by atoms with van der Waals surface area (Å²) in [6, 6.07) is 10.8. The summed E-state index contributed by atoms with van der Waals surface area (Å²) in [5.41, 5.74) is 0. The fourth-order valence-corrected chi connectivity index (χ4v) is 2.75. The van der Waals surface area contributed by atoms with Crippen molar-refractivity contribution in [3.05, 3.63) is 42.6 Å². The Morgan fingerprint density at radius 3 is 2.84 bits per heavy atom. The zero-order valence-electron chi connectivity index (χ0n) is 14.1. The smallest absolute Gasteiger partial charge is 0.260 e. The third-order valence-corrected chi connectivity index (χ3v) is 3.99. The summed E-state index contributed by atoms with van der Waals surface area (Å²) in [5, 5.41) is 7.72. The number of aromatic nitrogens is 2. The molecule has 25 heavy (non-hydrogen) atoms. The highest BCUT2D eigenvalue weighted by molar-refractivity contribution is 5.78. The highest BCUT2D eigenvalue weighted by Crippen LogP contribution is 2.26. The first kappa shape index (κ1) is 17.0. The van der Waals surface area contributed by atoms with E-state index >= 15 is 0 Å². The third kappa shape index (κ3) is 4.59. The van der Waals surface area contributed by atoms with E-state index < -0.39 is 0 Å². The summed E-state index contributed by atoms with van der Waals surface area (Å²) in [4.78, 5) is 14.2. The standard InChI is InChI=1S/C18H21N3O4/c1-23-15-7-2-3-8-16(15)24-13-18(22)21-11-5-6-14(12-21)25-17-9-4-10-19-20-17/h2-4,7-10,14H,5-6,11-13H2,1H3. The Morgan fingerprint density at radius 1 is 1.24 bits per heavy atom. The van der Waals surface area contributed by atoms with E-state index in [4.69, 9.17) is 14.2 Å². The van der Waals surface area contributed by atoms with Crippen LogP contribution in [0.15, 0.2) is 42.6 Å². The van der Waals surface area contributed by atoms with E-state index in [2.05, 4.69) is 10.2 Å². The van der Waals surface area contributed by atoms with Gasteiger partial charge in [-0.3, -0.25) is 4.79 Å². The molecule has 2 heterocycles. The first-order valence-electron chi connectivity index (χ1n) is 8.24. The van der Waals surface area contributed by atoms with Crippen molar-refractivity contribution < 1.29 is 19.0 Å². The molecule has 1 aliphatic heterocycles. The molecule has 1 fully saturated rings. The van der Waals surface area contributed by atoms with Gasteiger partial charge in [0.25, 0.3) is 5.91 Å². The Hall–Kier alpha value is -2.83. The molecule has 1 aromatic carbocycles. The Morgan fingerprint density at radius 2 is 2.08 bits per heavy atom. The SMILES string of the molecule is COc1ccccc1OCC(=O)N1CCCC(Oc2cccnn2)C1. The van der Waals surface area contributed by atoms with Gasteiger partial charge in [-0.2, -0.15) is 5.10 Å². The summed E-state index contributed by atoms with van der Waals surface area (Å²) in [7, 11) is 1.57. The molecule has 0 N–H and O–H groups in total. The quantitative estimate of drug-likeness (QED) is 0.798. The number of para-hydroxylation sites is 2. The maximum Gasteiger partial charge on any atom is 0.260 e. The van der Waals surface area contributed by atoms with Gasteiger partial charge in [0.1, 0.15) is 6.10 Å². The highest BCUT2D eigenvalue weighted by atomic mass is 16.5. The lowest BCUT2D eigenvalue weighted by Gasteiger charge is -2.32. The molecule has 0 bridgehead atoms. The molecule has 1 unspecified atom stereocenters. The zero-order valence-corrected chi connectivity index (χ0v) is 14.1. The van der Waals surface area contributed by atoms with Crippen LogP contribution in [0.1, 0.15) is 12.8 Å². The Bertz CT molecular complexity index is 696. The lowest BCUT2D eigenvalue weighted by atomic mass is 10.1. The van der Waals surface area contributed by atoms with Crippen LogP contribution in [-0.2, 0) is 4.79 Å². The number of carbonyl (C=O) groups excluding carboxylic acids is 1. The van der Waals surface area contributed by atoms with Gasteiger partial charge in [-0.25, -0.2) is 0 Å². The first-order valence-corrected chi connectivity index (χ1v) is 8.24. The van der Waals surface area contributed by atoms with Crippen molar-refractivity contribution in [3.8, 4) is 17.4 Å². The third-order valence-electron chi connectivity index (χ3n) is 3.99. The van der Waals surface area contributed by atoms with E-state index in [-0.39, 0.29) is 18.6 Å². The van der Waals surface area contributed by atoms with Crippen LogP contribution in [0.2, 0.25) is 0 Å². The van der Waals surface area contributed by atoms with Crippen molar-refractivity contribution in [2.24, 2.45) is 0 Å². The monoisotopic (exact) mass is 343 g/mol. The summed E-state index contributed by atoms with van der Waals surface area (Å²) < 4.78 is 16.6. The van der Waals surface area contributed by atoms with Crippen LogP contribution in [0.3, 0.4) is 0 Å². The van der Waals surface area contributed by atoms with E-state index in [0.717, 1.165) is 12.8 Å². The average Bonchev–Trinajstić information content (AvgIpc) is 2.67. The molecular formula is C18H21N3O4. The van der Waals surface area contributed by atoms with Crippen LogP contribution in [0.4, 0.5) is 0 Å². The van der Waals surface area contributed by atoms with Gasteiger partial charge in [-0.05, 0) is 31.0 Å². The van der Waals surface area contributed by atoms with Crippen molar-refractivity contribution in [2.75, 3.05) is 26.8 Å². The zero-order chi connectivity index (χ0) is 17.5. The molecule has 7 heteroatoms. The molecule has 1 aliphatic rings. The first-order chi connectivity index (χ1) is 12.3. The number of nitrogens with zero attached hydrogens (tertiary/aromatic N) is 3. The second-order valence-electron chi connectivity index (χ2n) is 5.72. The van der Waals surface area contributed by atoms with E-state index in [9.17, 15) is 4.79 Å². The van der Waals surface area contributed by atoms with Crippen molar-refractivity contribution in [2.45, 2.75) is 18.9 Å². The van der Waals surface area contributed by atoms with E-state index in [0.29, 0.717) is 30.5 Å². The predicted octanol–water partition coefficient (Wildman–Crippen LogP) is 1.93. The van der Waals surface area contributed by atoms with Crippen LogP contribution in [0.25, 0.3) is 0 Å². The van der Waals surface area contributed by atoms with Gasteiger partial charge in [0.2, 0.25) is 5.88 Å². The number of carbonyl (C=O) groups is 1. The minimum absolute atomic E-state index is 0.0295. The van der Waals surface area contributed by atoms with Gasteiger partial charge in [-0.1, -0.05) is 12.1 Å². The average molecular weight is 343 g/mol. The molecule has 132 valence electrons. The number of likely N-dealkylation sites (tertiary alicyclic amines) is 1. The van der Waals surface area contributed by atoms with E-state index in [1.807, 2.05) is 12.1 Å². The van der Waals surface area contributed by atoms with Crippen LogP contribution in [0.5, 0.6) is 17.4 Å². The van der Waals surface area contributed by atoms with Crippen LogP contribution in [0, 0.1) is 0 Å². The Labute approximate surface area is 146 Å². The molecule has 1 saturated heterocycles. The topological polar surface area (TPSA) is 73.8 Å². The second kappa shape index (κ2) is 8.32. The van der Waals surface area contributed by atoms with Crippen LogP contribution >= 0.6 is 0 Å². The predicted molar refractivity (Wildman–Crippen MR) is 90.8 cm³/mol. The van der Waals surface area contributed by atoms with E-state index in [1.54, 1.807) is 42.5 Å². The van der Waals surface area contributed by atoms with Gasteiger partial charge in [0.15, 0.2) is 18.1 Å². The normalized spacial score (nSPS) is 17.0. The minimum Gasteiger partial charge on any atom is -0.493 e. The number of hydrogen-bond donors (Lipinski definition) is 0. The molecular weight excluding hydrogens is 322 g/mol. The summed E-state index contributed by atoms with van der Waals surface area (Å²) in [5.74, 6) is 1.57. The Balaban J connectivity index is 1.53. The number of amides is 1. The number of rotatable bonds is 6. The molecule has 1 aromatic heterocycles. The Kier molecular flexibility index (Phi) is 5.66. The molecule has 1 atom stereocenters. The van der Waals surface area contributed by atoms with E-state index in [1.165, 1.54) is 0 Å². The molecule has 1 amide bonds. The minimum atomic E-state index is -0.0827. The molecule has 0 radical (unpaired) electrons. The van der Waals surface area contributed by atoms with Gasteiger partial charge >= 0.3 is 0 Å². The number of piperidine rings is 1. The maximum atomic E-state index is 12.4. The molecule has 0 aliphatic carbocycles. The molecule has 2 aromatic rings. The van der Waals surface area contributed by atoms with Gasteiger partial charge in [0.05, 0.1) is 13.7 Å². The van der Waals surface area contributed by atoms with Crippen molar-refractivity contribution >= 4 is 5.91 Å². The van der Waals surface area contributed by atoms with Crippen LogP contribution in [-0.4, -0.2) is 53.9 Å². The fraction of sp³-hybridized carbons (Fsp3) is 0.389. The number of ether oxygens (including phenoxy) is 3. The molecule has 0 saturated carbocycles. The summed E-state index contributed by atoms with van der Waals surface area (Å²) in [6.07, 6.45) is 3.28. The number of benzene rings is 1. The lowest BCUT2D eigenvalue weighted by Crippen LogP contribution is -2.46. The maximum absolute atomic E-state index is 12.4. The van der Waals surface area contributed by atoms with Gasteiger partial charge in [0, 0.05) is 18.8 Å². The summed E-state index contributed by atoms with van der Waals surface area (Å²) >= 11 is 0. The molecule has 3 rings (SSSR count). The van der Waals surface area contributed by atoms with Gasteiger partial charge < -0.3 is 19.1 Å². The fourth-order valence-electron chi connectivity index (χ4n) is 2.75. The largest absolute Gasteiger partial charge is 0.493 e.